The number of alkyl halides is 2. The second kappa shape index (κ2) is 7.69. The Hall–Kier alpha value is -2.47. The van der Waals surface area contributed by atoms with Gasteiger partial charge in [-0.15, -0.1) is 0 Å². The molecule has 0 saturated carbocycles. The van der Waals surface area contributed by atoms with Crippen molar-refractivity contribution in [2.75, 3.05) is 12.4 Å². The minimum Gasteiger partial charge on any atom is -0.433 e. The lowest BCUT2D eigenvalue weighted by atomic mass is 10.1. The summed E-state index contributed by atoms with van der Waals surface area (Å²) in [5, 5.41) is 2.65. The highest BCUT2D eigenvalue weighted by Crippen LogP contribution is 2.30. The number of carbonyl (C=O) groups excluding carboxylic acids is 1. The number of hydrogen-bond donors (Lipinski definition) is 1. The van der Waals surface area contributed by atoms with E-state index in [9.17, 15) is 13.6 Å². The zero-order valence-electron chi connectivity index (χ0n) is 12.8. The van der Waals surface area contributed by atoms with Gasteiger partial charge in [-0.25, -0.2) is 0 Å². The normalized spacial score (nSPS) is 10.7. The number of amides is 1. The Kier molecular flexibility index (Phi) is 5.65. The number of anilines is 1. The summed E-state index contributed by atoms with van der Waals surface area (Å²) in [6.07, 6.45) is 0. The molecule has 0 aliphatic rings. The molecule has 0 saturated heterocycles. The van der Waals surface area contributed by atoms with Gasteiger partial charge in [0.15, 0.2) is 0 Å². The molecule has 0 bridgehead atoms. The van der Waals surface area contributed by atoms with Crippen LogP contribution in [-0.4, -0.2) is 19.6 Å². The first-order chi connectivity index (χ1) is 11.0. The Morgan fingerprint density at radius 3 is 2.61 bits per heavy atom. The molecule has 0 aromatic heterocycles. The summed E-state index contributed by atoms with van der Waals surface area (Å²) in [5.41, 5.74) is 1.98. The van der Waals surface area contributed by atoms with E-state index in [-0.39, 0.29) is 18.0 Å². The number of halogens is 2. The number of para-hydroxylation sites is 1. The van der Waals surface area contributed by atoms with Crippen molar-refractivity contribution in [2.24, 2.45) is 0 Å². The van der Waals surface area contributed by atoms with E-state index < -0.39 is 12.5 Å². The molecule has 2 aromatic rings. The third-order valence-electron chi connectivity index (χ3n) is 3.25. The molecular formula is C17H17F2NO3. The van der Waals surface area contributed by atoms with E-state index in [2.05, 4.69) is 10.1 Å². The number of benzene rings is 2. The minimum atomic E-state index is -2.96. The molecule has 1 amide bonds. The number of ether oxygens (including phenoxy) is 2. The first-order valence-corrected chi connectivity index (χ1v) is 6.95. The van der Waals surface area contributed by atoms with Gasteiger partial charge in [-0.2, -0.15) is 8.78 Å². The van der Waals surface area contributed by atoms with Crippen molar-refractivity contribution in [3.05, 3.63) is 59.2 Å². The molecule has 122 valence electrons. The largest absolute Gasteiger partial charge is 0.433 e. The quantitative estimate of drug-likeness (QED) is 0.875. The third kappa shape index (κ3) is 4.26. The van der Waals surface area contributed by atoms with Crippen LogP contribution in [0.25, 0.3) is 0 Å². The molecule has 1 N–H and O–H groups in total. The van der Waals surface area contributed by atoms with E-state index in [1.165, 1.54) is 13.2 Å². The van der Waals surface area contributed by atoms with Gasteiger partial charge < -0.3 is 14.8 Å². The Morgan fingerprint density at radius 1 is 1.17 bits per heavy atom. The number of hydrogen-bond acceptors (Lipinski definition) is 3. The molecule has 0 aliphatic heterocycles. The molecule has 6 heteroatoms. The van der Waals surface area contributed by atoms with Gasteiger partial charge in [-0.05, 0) is 30.2 Å². The Morgan fingerprint density at radius 2 is 1.91 bits per heavy atom. The third-order valence-corrected chi connectivity index (χ3v) is 3.25. The molecule has 0 atom stereocenters. The molecule has 23 heavy (non-hydrogen) atoms. The van der Waals surface area contributed by atoms with Crippen LogP contribution in [0, 0.1) is 6.92 Å². The van der Waals surface area contributed by atoms with Crippen LogP contribution in [0.5, 0.6) is 5.75 Å². The molecule has 0 spiro atoms. The van der Waals surface area contributed by atoms with Gasteiger partial charge in [0.25, 0.3) is 5.91 Å². The molecule has 0 fully saturated rings. The highest BCUT2D eigenvalue weighted by atomic mass is 19.3. The average Bonchev–Trinajstić information content (AvgIpc) is 2.51. The van der Waals surface area contributed by atoms with Crippen LogP contribution in [0.15, 0.2) is 42.5 Å². The lowest BCUT2D eigenvalue weighted by Gasteiger charge is -2.15. The Labute approximate surface area is 133 Å². The average molecular weight is 321 g/mol. The topological polar surface area (TPSA) is 47.6 Å². The fourth-order valence-corrected chi connectivity index (χ4v) is 2.20. The van der Waals surface area contributed by atoms with Crippen molar-refractivity contribution in [2.45, 2.75) is 20.1 Å². The molecule has 0 aliphatic carbocycles. The van der Waals surface area contributed by atoms with Crippen LogP contribution < -0.4 is 10.1 Å². The molecule has 2 aromatic carbocycles. The van der Waals surface area contributed by atoms with Crippen LogP contribution in [0.3, 0.4) is 0 Å². The summed E-state index contributed by atoms with van der Waals surface area (Å²) in [6, 6.07) is 11.6. The van der Waals surface area contributed by atoms with E-state index in [4.69, 9.17) is 4.74 Å². The molecule has 4 nitrogen and oxygen atoms in total. The van der Waals surface area contributed by atoms with E-state index >= 15 is 0 Å². The maximum atomic E-state index is 12.5. The molecule has 0 heterocycles. The standard InChI is InChI=1S/C17H17F2NO3/c1-11-6-5-9-14(23-17(18)19)15(11)20-16(21)13-8-4-3-7-12(13)10-22-2/h3-9,17H,10H2,1-2H3,(H,20,21). The van der Waals surface area contributed by atoms with Gasteiger partial charge in [-0.1, -0.05) is 30.3 Å². The van der Waals surface area contributed by atoms with E-state index in [1.807, 2.05) is 0 Å². The molecule has 0 unspecified atom stereocenters. The summed E-state index contributed by atoms with van der Waals surface area (Å²) in [7, 11) is 1.53. The number of aryl methyl sites for hydroxylation is 1. The summed E-state index contributed by atoms with van der Waals surface area (Å²) >= 11 is 0. The van der Waals surface area contributed by atoms with Crippen LogP contribution in [0.1, 0.15) is 21.5 Å². The van der Waals surface area contributed by atoms with Gasteiger partial charge in [0.05, 0.1) is 12.3 Å². The first kappa shape index (κ1) is 16.9. The Bertz CT molecular complexity index is 689. The molecule has 0 radical (unpaired) electrons. The zero-order valence-corrected chi connectivity index (χ0v) is 12.8. The number of carbonyl (C=O) groups is 1. The second-order valence-electron chi connectivity index (χ2n) is 4.87. The van der Waals surface area contributed by atoms with Gasteiger partial charge in [-0.3, -0.25) is 4.79 Å². The Balaban J connectivity index is 2.31. The maximum Gasteiger partial charge on any atom is 0.387 e. The van der Waals surface area contributed by atoms with Gasteiger partial charge in [0.2, 0.25) is 0 Å². The predicted octanol–water partition coefficient (Wildman–Crippen LogP) is 4.00. The predicted molar refractivity (Wildman–Crippen MR) is 82.9 cm³/mol. The highest BCUT2D eigenvalue weighted by molar-refractivity contribution is 6.06. The van der Waals surface area contributed by atoms with Crippen LogP contribution >= 0.6 is 0 Å². The van der Waals surface area contributed by atoms with Crippen LogP contribution in [0.4, 0.5) is 14.5 Å². The zero-order chi connectivity index (χ0) is 16.8. The van der Waals surface area contributed by atoms with Crippen molar-refractivity contribution >= 4 is 11.6 Å². The maximum absolute atomic E-state index is 12.5. The van der Waals surface area contributed by atoms with Crippen molar-refractivity contribution in [1.29, 1.82) is 0 Å². The summed E-state index contributed by atoms with van der Waals surface area (Å²) in [6.45, 7) is -0.986. The minimum absolute atomic E-state index is 0.0717. The highest BCUT2D eigenvalue weighted by Gasteiger charge is 2.16. The van der Waals surface area contributed by atoms with E-state index in [0.717, 1.165) is 0 Å². The monoisotopic (exact) mass is 321 g/mol. The summed E-state index contributed by atoms with van der Waals surface area (Å²) < 4.78 is 34.5. The first-order valence-electron chi connectivity index (χ1n) is 6.95. The summed E-state index contributed by atoms with van der Waals surface area (Å²) in [5.74, 6) is -0.483. The number of rotatable bonds is 6. The fraction of sp³-hybridized carbons (Fsp3) is 0.235. The van der Waals surface area contributed by atoms with Crippen molar-refractivity contribution in [1.82, 2.24) is 0 Å². The fourth-order valence-electron chi connectivity index (χ4n) is 2.20. The van der Waals surface area contributed by atoms with Gasteiger partial charge in [0.1, 0.15) is 5.75 Å². The molecular weight excluding hydrogens is 304 g/mol. The molecule has 2 rings (SSSR count). The van der Waals surface area contributed by atoms with E-state index in [0.29, 0.717) is 16.7 Å². The second-order valence-corrected chi connectivity index (χ2v) is 4.87. The van der Waals surface area contributed by atoms with Crippen molar-refractivity contribution < 1.29 is 23.0 Å². The van der Waals surface area contributed by atoms with Crippen LogP contribution in [-0.2, 0) is 11.3 Å². The number of methoxy groups -OCH3 is 1. The van der Waals surface area contributed by atoms with Crippen molar-refractivity contribution in [3.63, 3.8) is 0 Å². The van der Waals surface area contributed by atoms with Crippen LogP contribution in [0.2, 0.25) is 0 Å². The smallest absolute Gasteiger partial charge is 0.387 e. The summed E-state index contributed by atoms with van der Waals surface area (Å²) in [4.78, 5) is 12.5. The van der Waals surface area contributed by atoms with E-state index in [1.54, 1.807) is 43.3 Å². The SMILES string of the molecule is COCc1ccccc1C(=O)Nc1c(C)cccc1OC(F)F. The number of nitrogens with one attached hydrogen (secondary N) is 1. The van der Waals surface area contributed by atoms with Gasteiger partial charge in [0, 0.05) is 12.7 Å². The lowest BCUT2D eigenvalue weighted by Crippen LogP contribution is -2.16. The lowest BCUT2D eigenvalue weighted by molar-refractivity contribution is -0.0493. The van der Waals surface area contributed by atoms with Crippen molar-refractivity contribution in [3.8, 4) is 5.75 Å². The van der Waals surface area contributed by atoms with Gasteiger partial charge >= 0.3 is 6.61 Å².